The minimum Gasteiger partial charge on any atom is -0.330 e. The molecule has 0 heterocycles. The number of halogens is 3. The van der Waals surface area contributed by atoms with Crippen molar-refractivity contribution in [1.29, 1.82) is 0 Å². The van der Waals surface area contributed by atoms with Crippen LogP contribution < -0.4 is 5.73 Å². The van der Waals surface area contributed by atoms with E-state index in [9.17, 15) is 18.0 Å². The minimum atomic E-state index is -4.42. The molecule has 5 heteroatoms. The molecular weight excluding hydrogens is 207 g/mol. The van der Waals surface area contributed by atoms with Crippen LogP contribution in [0.15, 0.2) is 24.3 Å². The Morgan fingerprint density at radius 3 is 2.53 bits per heavy atom. The number of ketones is 1. The van der Waals surface area contributed by atoms with Gasteiger partial charge in [0.1, 0.15) is 0 Å². The van der Waals surface area contributed by atoms with E-state index >= 15 is 0 Å². The van der Waals surface area contributed by atoms with Crippen LogP contribution in [-0.4, -0.2) is 12.3 Å². The molecule has 0 aliphatic heterocycles. The van der Waals surface area contributed by atoms with E-state index in [1.165, 1.54) is 12.1 Å². The first-order valence-corrected chi connectivity index (χ1v) is 4.35. The average Bonchev–Trinajstić information content (AvgIpc) is 2.17. The van der Waals surface area contributed by atoms with E-state index in [1.54, 1.807) is 0 Å². The van der Waals surface area contributed by atoms with Crippen molar-refractivity contribution in [2.75, 3.05) is 6.54 Å². The molecular formula is C10H10F3NO. The summed E-state index contributed by atoms with van der Waals surface area (Å²) in [5.74, 6) is -0.372. The second kappa shape index (κ2) is 4.44. The smallest absolute Gasteiger partial charge is 0.330 e. The zero-order valence-electron chi connectivity index (χ0n) is 7.84. The summed E-state index contributed by atoms with van der Waals surface area (Å²) in [5.41, 5.74) is 4.38. The predicted octanol–water partition coefficient (Wildman–Crippen LogP) is 2.24. The molecule has 1 aromatic rings. The molecule has 0 aromatic heterocycles. The lowest BCUT2D eigenvalue weighted by Crippen LogP contribution is -2.10. The second-order valence-electron chi connectivity index (χ2n) is 3.04. The van der Waals surface area contributed by atoms with Gasteiger partial charge in [0.05, 0.1) is 5.56 Å². The van der Waals surface area contributed by atoms with Crippen LogP contribution in [-0.2, 0) is 6.18 Å². The Bertz CT molecular complexity index is 360. The molecule has 1 rings (SSSR count). The standard InChI is InChI=1S/C10H10F3NO/c11-10(12,13)8-3-1-2-7(6-8)9(15)4-5-14/h1-3,6H,4-5,14H2. The fraction of sp³-hybridized carbons (Fsp3) is 0.300. The highest BCUT2D eigenvalue weighted by atomic mass is 19.4. The van der Waals surface area contributed by atoms with Crippen molar-refractivity contribution in [3.05, 3.63) is 35.4 Å². The Morgan fingerprint density at radius 2 is 2.00 bits per heavy atom. The summed E-state index contributed by atoms with van der Waals surface area (Å²) >= 11 is 0. The van der Waals surface area contributed by atoms with Gasteiger partial charge in [-0.2, -0.15) is 13.2 Å². The van der Waals surface area contributed by atoms with E-state index in [0.29, 0.717) is 0 Å². The predicted molar refractivity (Wildman–Crippen MR) is 49.4 cm³/mol. The summed E-state index contributed by atoms with van der Waals surface area (Å²) in [4.78, 5) is 11.3. The van der Waals surface area contributed by atoms with E-state index in [4.69, 9.17) is 5.73 Å². The van der Waals surface area contributed by atoms with E-state index in [-0.39, 0.29) is 24.3 Å². The summed E-state index contributed by atoms with van der Waals surface area (Å²) < 4.78 is 36.8. The van der Waals surface area contributed by atoms with Gasteiger partial charge < -0.3 is 5.73 Å². The van der Waals surface area contributed by atoms with Gasteiger partial charge in [-0.15, -0.1) is 0 Å². The number of carbonyl (C=O) groups excluding carboxylic acids is 1. The Balaban J connectivity index is 2.98. The molecule has 0 amide bonds. The molecule has 82 valence electrons. The molecule has 0 saturated heterocycles. The lowest BCUT2D eigenvalue weighted by molar-refractivity contribution is -0.137. The molecule has 2 nitrogen and oxygen atoms in total. The lowest BCUT2D eigenvalue weighted by atomic mass is 10.1. The van der Waals surface area contributed by atoms with Gasteiger partial charge in [-0.1, -0.05) is 12.1 Å². The highest BCUT2D eigenvalue weighted by Gasteiger charge is 2.30. The molecule has 15 heavy (non-hydrogen) atoms. The van der Waals surface area contributed by atoms with Gasteiger partial charge in [0, 0.05) is 12.0 Å². The normalized spacial score (nSPS) is 11.5. The number of nitrogens with two attached hydrogens (primary N) is 1. The van der Waals surface area contributed by atoms with Crippen LogP contribution in [0.3, 0.4) is 0 Å². The van der Waals surface area contributed by atoms with Crippen molar-refractivity contribution in [1.82, 2.24) is 0 Å². The van der Waals surface area contributed by atoms with Crippen molar-refractivity contribution in [3.63, 3.8) is 0 Å². The van der Waals surface area contributed by atoms with Crippen molar-refractivity contribution in [3.8, 4) is 0 Å². The molecule has 0 radical (unpaired) electrons. The Hall–Kier alpha value is -1.36. The van der Waals surface area contributed by atoms with E-state index in [1.807, 2.05) is 0 Å². The van der Waals surface area contributed by atoms with Crippen molar-refractivity contribution in [2.24, 2.45) is 5.73 Å². The van der Waals surface area contributed by atoms with Gasteiger partial charge >= 0.3 is 6.18 Å². The Labute approximate surface area is 84.9 Å². The number of benzene rings is 1. The Morgan fingerprint density at radius 1 is 1.33 bits per heavy atom. The maximum atomic E-state index is 12.3. The van der Waals surface area contributed by atoms with Crippen LogP contribution in [0, 0.1) is 0 Å². The topological polar surface area (TPSA) is 43.1 Å². The average molecular weight is 217 g/mol. The first-order valence-electron chi connectivity index (χ1n) is 4.35. The molecule has 2 N–H and O–H groups in total. The molecule has 0 aliphatic rings. The maximum Gasteiger partial charge on any atom is 0.416 e. The molecule has 0 unspecified atom stereocenters. The van der Waals surface area contributed by atoms with Gasteiger partial charge in [-0.05, 0) is 18.7 Å². The summed E-state index contributed by atoms with van der Waals surface area (Å²) in [7, 11) is 0. The van der Waals surface area contributed by atoms with Crippen LogP contribution in [0.1, 0.15) is 22.3 Å². The lowest BCUT2D eigenvalue weighted by Gasteiger charge is -2.07. The number of hydrogen-bond acceptors (Lipinski definition) is 2. The number of hydrogen-bond donors (Lipinski definition) is 1. The van der Waals surface area contributed by atoms with E-state index in [2.05, 4.69) is 0 Å². The zero-order valence-corrected chi connectivity index (χ0v) is 7.84. The molecule has 0 saturated carbocycles. The maximum absolute atomic E-state index is 12.3. The molecule has 1 aromatic carbocycles. The van der Waals surface area contributed by atoms with Gasteiger partial charge in [0.25, 0.3) is 0 Å². The quantitative estimate of drug-likeness (QED) is 0.789. The number of carbonyl (C=O) groups is 1. The zero-order chi connectivity index (χ0) is 11.5. The van der Waals surface area contributed by atoms with Crippen molar-refractivity contribution < 1.29 is 18.0 Å². The third-order valence-corrected chi connectivity index (χ3v) is 1.88. The highest BCUT2D eigenvalue weighted by molar-refractivity contribution is 5.96. The van der Waals surface area contributed by atoms with Gasteiger partial charge in [-0.25, -0.2) is 0 Å². The molecule has 0 atom stereocenters. The fourth-order valence-corrected chi connectivity index (χ4v) is 1.14. The van der Waals surface area contributed by atoms with Crippen molar-refractivity contribution >= 4 is 5.78 Å². The van der Waals surface area contributed by atoms with Crippen molar-refractivity contribution in [2.45, 2.75) is 12.6 Å². The monoisotopic (exact) mass is 217 g/mol. The fourth-order valence-electron chi connectivity index (χ4n) is 1.14. The molecule has 0 spiro atoms. The summed E-state index contributed by atoms with van der Waals surface area (Å²) in [5, 5.41) is 0. The number of Topliss-reactive ketones (excluding diaryl/α,β-unsaturated/α-hetero) is 1. The van der Waals surface area contributed by atoms with Gasteiger partial charge in [0.15, 0.2) is 5.78 Å². The second-order valence-corrected chi connectivity index (χ2v) is 3.04. The number of alkyl halides is 3. The molecule has 0 fully saturated rings. The van der Waals surface area contributed by atoms with Crippen LogP contribution in [0.5, 0.6) is 0 Å². The third kappa shape index (κ3) is 3.06. The Kier molecular flexibility index (Phi) is 3.47. The SMILES string of the molecule is NCCC(=O)c1cccc(C(F)(F)F)c1. The van der Waals surface area contributed by atoms with Crippen LogP contribution in [0.25, 0.3) is 0 Å². The number of rotatable bonds is 3. The highest BCUT2D eigenvalue weighted by Crippen LogP contribution is 2.29. The first kappa shape index (κ1) is 11.7. The first-order chi connectivity index (χ1) is 6.95. The van der Waals surface area contributed by atoms with Gasteiger partial charge in [0.2, 0.25) is 0 Å². The van der Waals surface area contributed by atoms with Crippen LogP contribution >= 0.6 is 0 Å². The van der Waals surface area contributed by atoms with Crippen LogP contribution in [0.2, 0.25) is 0 Å². The third-order valence-electron chi connectivity index (χ3n) is 1.88. The summed E-state index contributed by atoms with van der Waals surface area (Å²) in [6, 6.07) is 4.34. The van der Waals surface area contributed by atoms with E-state index < -0.39 is 11.7 Å². The molecule has 0 aliphatic carbocycles. The molecule has 0 bridgehead atoms. The minimum absolute atomic E-state index is 0.0512. The van der Waals surface area contributed by atoms with E-state index in [0.717, 1.165) is 12.1 Å². The largest absolute Gasteiger partial charge is 0.416 e. The summed E-state index contributed by atoms with van der Waals surface area (Å²) in [6.45, 7) is 0.134. The summed E-state index contributed by atoms with van der Waals surface area (Å²) in [6.07, 6.45) is -4.36. The van der Waals surface area contributed by atoms with Crippen LogP contribution in [0.4, 0.5) is 13.2 Å². The van der Waals surface area contributed by atoms with Gasteiger partial charge in [-0.3, -0.25) is 4.79 Å².